The molecule has 0 aromatic heterocycles. The lowest BCUT2D eigenvalue weighted by Crippen LogP contribution is -3.11. The number of benzene rings is 2. The number of hydrogen-bond donors (Lipinski definition) is 3. The van der Waals surface area contributed by atoms with E-state index in [-0.39, 0.29) is 30.6 Å². The quantitative estimate of drug-likeness (QED) is 0.684. The highest BCUT2D eigenvalue weighted by atomic mass is 79.9. The van der Waals surface area contributed by atoms with Crippen LogP contribution in [0.25, 0.3) is 0 Å². The maximum absolute atomic E-state index is 13.5. The van der Waals surface area contributed by atoms with Crippen LogP contribution in [0.2, 0.25) is 0 Å². The van der Waals surface area contributed by atoms with Gasteiger partial charge < -0.3 is 15.5 Å². The fourth-order valence-corrected chi connectivity index (χ4v) is 2.80. The van der Waals surface area contributed by atoms with Gasteiger partial charge in [0.05, 0.1) is 12.7 Å². The second-order valence-electron chi connectivity index (χ2n) is 5.85. The Morgan fingerprint density at radius 1 is 1.04 bits per heavy atom. The average molecular weight is 409 g/mol. The lowest BCUT2D eigenvalue weighted by atomic mass is 10.2. The van der Waals surface area contributed by atoms with Crippen LogP contribution in [0.3, 0.4) is 0 Å². The summed E-state index contributed by atoms with van der Waals surface area (Å²) in [5.41, 5.74) is 1.81. The third-order valence-corrected chi connectivity index (χ3v) is 4.03. The normalized spacial score (nSPS) is 11.7. The minimum Gasteiger partial charge on any atom is -0.322 e. The second kappa shape index (κ2) is 8.73. The van der Waals surface area contributed by atoms with E-state index in [9.17, 15) is 14.0 Å². The van der Waals surface area contributed by atoms with E-state index in [0.717, 1.165) is 15.7 Å². The van der Waals surface area contributed by atoms with E-state index >= 15 is 0 Å². The maximum Gasteiger partial charge on any atom is 0.279 e. The molecule has 0 bridgehead atoms. The molecule has 0 heterocycles. The Hall–Kier alpha value is -2.25. The van der Waals surface area contributed by atoms with E-state index in [1.165, 1.54) is 12.1 Å². The molecule has 2 rings (SSSR count). The molecule has 1 atom stereocenters. The molecule has 0 spiro atoms. The van der Waals surface area contributed by atoms with Crippen LogP contribution in [-0.4, -0.2) is 32.0 Å². The van der Waals surface area contributed by atoms with Crippen molar-refractivity contribution < 1.29 is 18.9 Å². The summed E-state index contributed by atoms with van der Waals surface area (Å²) in [4.78, 5) is 24.8. The van der Waals surface area contributed by atoms with Crippen molar-refractivity contribution >= 4 is 39.1 Å². The summed E-state index contributed by atoms with van der Waals surface area (Å²) in [7, 11) is 1.73. The monoisotopic (exact) mass is 408 g/mol. The molecular formula is C18H20BrFN3O2+. The number of amides is 2. The maximum atomic E-state index is 13.5. The second-order valence-corrected chi connectivity index (χ2v) is 6.76. The fraction of sp³-hybridized carbons (Fsp3) is 0.222. The number of likely N-dealkylation sites (N-methyl/N-ethyl adjacent to an activating group) is 1. The van der Waals surface area contributed by atoms with E-state index in [1.54, 1.807) is 19.2 Å². The molecule has 3 N–H and O–H groups in total. The summed E-state index contributed by atoms with van der Waals surface area (Å²) in [6, 6.07) is 11.5. The molecule has 132 valence electrons. The van der Waals surface area contributed by atoms with Crippen LogP contribution in [-0.2, 0) is 9.59 Å². The van der Waals surface area contributed by atoms with Crippen molar-refractivity contribution in [2.24, 2.45) is 0 Å². The number of anilines is 2. The molecule has 5 nitrogen and oxygen atoms in total. The van der Waals surface area contributed by atoms with Gasteiger partial charge in [-0.25, -0.2) is 4.39 Å². The molecule has 0 aliphatic carbocycles. The van der Waals surface area contributed by atoms with Crippen molar-refractivity contribution in [3.05, 3.63) is 58.3 Å². The molecule has 0 fully saturated rings. The van der Waals surface area contributed by atoms with Crippen LogP contribution < -0.4 is 15.5 Å². The van der Waals surface area contributed by atoms with Gasteiger partial charge in [-0.05, 0) is 42.8 Å². The number of aryl methyl sites for hydroxylation is 1. The molecule has 0 saturated heterocycles. The predicted octanol–water partition coefficient (Wildman–Crippen LogP) is 1.99. The lowest BCUT2D eigenvalue weighted by Gasteiger charge is -2.14. The lowest BCUT2D eigenvalue weighted by molar-refractivity contribution is -0.862. The molecule has 2 amide bonds. The molecule has 0 saturated carbocycles. The van der Waals surface area contributed by atoms with E-state index in [0.29, 0.717) is 4.90 Å². The summed E-state index contributed by atoms with van der Waals surface area (Å²) in [5, 5.41) is 5.34. The number of carbonyl (C=O) groups is 2. The van der Waals surface area contributed by atoms with Crippen molar-refractivity contribution in [2.75, 3.05) is 30.8 Å². The number of carbonyl (C=O) groups excluding carboxylic acids is 2. The highest BCUT2D eigenvalue weighted by Gasteiger charge is 2.16. The highest BCUT2D eigenvalue weighted by molar-refractivity contribution is 9.10. The Balaban J connectivity index is 1.84. The van der Waals surface area contributed by atoms with Gasteiger partial charge in [0.25, 0.3) is 11.8 Å². The minimum atomic E-state index is -0.489. The van der Waals surface area contributed by atoms with Gasteiger partial charge >= 0.3 is 0 Å². The SMILES string of the molecule is Cc1cc(Br)ccc1NC(=O)C[NH+](C)CC(=O)Nc1ccccc1F. The number of nitrogens with one attached hydrogen (secondary N) is 3. The first-order chi connectivity index (χ1) is 11.8. The molecule has 25 heavy (non-hydrogen) atoms. The van der Waals surface area contributed by atoms with Gasteiger partial charge in [-0.15, -0.1) is 0 Å². The van der Waals surface area contributed by atoms with E-state index < -0.39 is 5.82 Å². The highest BCUT2D eigenvalue weighted by Crippen LogP contribution is 2.19. The minimum absolute atomic E-state index is 0.0566. The standard InChI is InChI=1S/C18H19BrFN3O2/c1-12-9-13(19)7-8-15(12)21-17(24)10-23(2)11-18(25)22-16-6-4-3-5-14(16)20/h3-9H,10-11H2,1-2H3,(H,21,24)(H,22,25)/p+1. The third kappa shape index (κ3) is 5.95. The van der Waals surface area contributed by atoms with Gasteiger partial charge in [0, 0.05) is 10.2 Å². The third-order valence-electron chi connectivity index (χ3n) is 3.54. The van der Waals surface area contributed by atoms with Gasteiger partial charge in [0.2, 0.25) is 0 Å². The fourth-order valence-electron chi connectivity index (χ4n) is 2.33. The Kier molecular flexibility index (Phi) is 6.66. The number of rotatable bonds is 6. The van der Waals surface area contributed by atoms with Crippen LogP contribution >= 0.6 is 15.9 Å². The van der Waals surface area contributed by atoms with Crippen molar-refractivity contribution in [1.29, 1.82) is 0 Å². The first kappa shape index (κ1) is 19.1. The molecule has 1 unspecified atom stereocenters. The Bertz CT molecular complexity index is 783. The molecule has 2 aromatic rings. The van der Waals surface area contributed by atoms with Gasteiger partial charge in [-0.3, -0.25) is 9.59 Å². The first-order valence-electron chi connectivity index (χ1n) is 7.77. The Morgan fingerprint density at radius 3 is 2.24 bits per heavy atom. The van der Waals surface area contributed by atoms with E-state index in [4.69, 9.17) is 0 Å². The van der Waals surface area contributed by atoms with E-state index in [2.05, 4.69) is 26.6 Å². The van der Waals surface area contributed by atoms with Crippen LogP contribution in [0.1, 0.15) is 5.56 Å². The van der Waals surface area contributed by atoms with Gasteiger partial charge in [0.15, 0.2) is 13.1 Å². The Morgan fingerprint density at radius 2 is 1.64 bits per heavy atom. The molecule has 0 radical (unpaired) electrons. The van der Waals surface area contributed by atoms with Crippen molar-refractivity contribution in [2.45, 2.75) is 6.92 Å². The summed E-state index contributed by atoms with van der Waals surface area (Å²) >= 11 is 3.37. The summed E-state index contributed by atoms with van der Waals surface area (Å²) in [5.74, 6) is -1.03. The van der Waals surface area contributed by atoms with Crippen LogP contribution in [0.4, 0.5) is 15.8 Å². The molecule has 0 aliphatic heterocycles. The van der Waals surface area contributed by atoms with Crippen LogP contribution in [0.5, 0.6) is 0 Å². The molecule has 0 aliphatic rings. The zero-order valence-corrected chi connectivity index (χ0v) is 15.6. The topological polar surface area (TPSA) is 62.6 Å². The van der Waals surface area contributed by atoms with Crippen LogP contribution in [0.15, 0.2) is 46.9 Å². The van der Waals surface area contributed by atoms with Crippen LogP contribution in [0, 0.1) is 12.7 Å². The summed E-state index contributed by atoms with van der Waals surface area (Å²) in [6.07, 6.45) is 0. The Labute approximate surface area is 154 Å². The zero-order valence-electron chi connectivity index (χ0n) is 14.0. The van der Waals surface area contributed by atoms with Crippen molar-refractivity contribution in [1.82, 2.24) is 0 Å². The number of quaternary nitrogens is 1. The van der Waals surface area contributed by atoms with Gasteiger partial charge in [0.1, 0.15) is 5.82 Å². The van der Waals surface area contributed by atoms with Gasteiger partial charge in [-0.1, -0.05) is 28.1 Å². The summed E-state index contributed by atoms with van der Waals surface area (Å²) < 4.78 is 14.5. The number of halogens is 2. The molecular weight excluding hydrogens is 389 g/mol. The molecule has 2 aromatic carbocycles. The zero-order chi connectivity index (χ0) is 18.4. The number of hydrogen-bond acceptors (Lipinski definition) is 2. The summed E-state index contributed by atoms with van der Waals surface area (Å²) in [6.45, 7) is 2.08. The predicted molar refractivity (Wildman–Crippen MR) is 99.2 cm³/mol. The van der Waals surface area contributed by atoms with E-state index in [1.807, 2.05) is 25.1 Å². The van der Waals surface area contributed by atoms with Crippen molar-refractivity contribution in [3.63, 3.8) is 0 Å². The number of para-hydroxylation sites is 1. The van der Waals surface area contributed by atoms with Crippen molar-refractivity contribution in [3.8, 4) is 0 Å². The first-order valence-corrected chi connectivity index (χ1v) is 8.56. The largest absolute Gasteiger partial charge is 0.322 e. The average Bonchev–Trinajstić information content (AvgIpc) is 2.52. The van der Waals surface area contributed by atoms with Gasteiger partial charge in [-0.2, -0.15) is 0 Å². The smallest absolute Gasteiger partial charge is 0.279 e. The molecule has 7 heteroatoms.